The molecule has 138 valence electrons. The lowest BCUT2D eigenvalue weighted by molar-refractivity contribution is -0.131. The van der Waals surface area contributed by atoms with E-state index < -0.39 is 6.04 Å². The molecule has 0 aromatic heterocycles. The van der Waals surface area contributed by atoms with E-state index in [1.54, 1.807) is 12.1 Å². The Morgan fingerprint density at radius 3 is 2.27 bits per heavy atom. The molecule has 0 saturated heterocycles. The van der Waals surface area contributed by atoms with E-state index in [2.05, 4.69) is 10.6 Å². The van der Waals surface area contributed by atoms with Gasteiger partial charge < -0.3 is 15.4 Å². The lowest BCUT2D eigenvalue weighted by atomic mass is 10.0. The number of para-hydroxylation sites is 1. The summed E-state index contributed by atoms with van der Waals surface area (Å²) < 4.78 is 5.42. The van der Waals surface area contributed by atoms with E-state index in [1.807, 2.05) is 63.2 Å². The molecule has 0 unspecified atom stereocenters. The van der Waals surface area contributed by atoms with Crippen LogP contribution in [0.1, 0.15) is 25.0 Å². The molecule has 0 bridgehead atoms. The van der Waals surface area contributed by atoms with Crippen LogP contribution < -0.4 is 15.4 Å². The summed E-state index contributed by atoms with van der Waals surface area (Å²) in [6.07, 6.45) is 0. The van der Waals surface area contributed by atoms with Gasteiger partial charge in [-0.05, 0) is 30.5 Å². The largest absolute Gasteiger partial charge is 0.484 e. The van der Waals surface area contributed by atoms with Gasteiger partial charge in [0.05, 0.1) is 0 Å². The molecule has 26 heavy (non-hydrogen) atoms. The van der Waals surface area contributed by atoms with Gasteiger partial charge in [-0.15, -0.1) is 0 Å². The molecule has 2 amide bonds. The van der Waals surface area contributed by atoms with Gasteiger partial charge in [0.1, 0.15) is 11.8 Å². The zero-order chi connectivity index (χ0) is 18.9. The van der Waals surface area contributed by atoms with Crippen LogP contribution in [0.4, 0.5) is 0 Å². The molecule has 0 spiro atoms. The summed E-state index contributed by atoms with van der Waals surface area (Å²) in [5, 5.41) is 5.64. The van der Waals surface area contributed by atoms with Crippen molar-refractivity contribution < 1.29 is 14.3 Å². The fourth-order valence-electron chi connectivity index (χ4n) is 2.42. The van der Waals surface area contributed by atoms with Crippen LogP contribution in [0.2, 0.25) is 0 Å². The molecule has 0 radical (unpaired) electrons. The van der Waals surface area contributed by atoms with E-state index in [4.69, 9.17) is 4.74 Å². The summed E-state index contributed by atoms with van der Waals surface area (Å²) in [7, 11) is 0. The lowest BCUT2D eigenvalue weighted by Gasteiger charge is -2.22. The summed E-state index contributed by atoms with van der Waals surface area (Å²) in [5.74, 6) is 0.0629. The topological polar surface area (TPSA) is 67.4 Å². The number of nitrogens with one attached hydrogen (secondary N) is 2. The first kappa shape index (κ1) is 19.5. The molecule has 2 aromatic rings. The van der Waals surface area contributed by atoms with Crippen molar-refractivity contribution in [3.8, 4) is 5.75 Å². The molecule has 0 fully saturated rings. The number of rotatable bonds is 8. The Morgan fingerprint density at radius 1 is 1.00 bits per heavy atom. The third-order valence-electron chi connectivity index (χ3n) is 3.97. The Hall–Kier alpha value is -2.82. The Kier molecular flexibility index (Phi) is 7.21. The first-order valence-electron chi connectivity index (χ1n) is 8.76. The van der Waals surface area contributed by atoms with Crippen molar-refractivity contribution in [3.05, 3.63) is 65.7 Å². The second-order valence-corrected chi connectivity index (χ2v) is 6.59. The zero-order valence-electron chi connectivity index (χ0n) is 15.5. The summed E-state index contributed by atoms with van der Waals surface area (Å²) in [6.45, 7) is 6.12. The highest BCUT2D eigenvalue weighted by molar-refractivity contribution is 5.88. The van der Waals surface area contributed by atoms with Gasteiger partial charge >= 0.3 is 0 Å². The van der Waals surface area contributed by atoms with E-state index in [-0.39, 0.29) is 24.3 Å². The highest BCUT2D eigenvalue weighted by Gasteiger charge is 2.24. The third kappa shape index (κ3) is 6.24. The van der Waals surface area contributed by atoms with Crippen molar-refractivity contribution in [2.24, 2.45) is 5.92 Å². The number of benzene rings is 2. The average molecular weight is 354 g/mol. The second kappa shape index (κ2) is 9.61. The molecule has 0 aliphatic heterocycles. The smallest absolute Gasteiger partial charge is 0.258 e. The number of hydrogen-bond donors (Lipinski definition) is 2. The summed E-state index contributed by atoms with van der Waals surface area (Å²) in [6, 6.07) is 16.5. The van der Waals surface area contributed by atoms with Gasteiger partial charge in [-0.3, -0.25) is 9.59 Å². The number of aryl methyl sites for hydroxylation is 1. The van der Waals surface area contributed by atoms with Crippen LogP contribution in [0.5, 0.6) is 5.75 Å². The number of amides is 2. The Morgan fingerprint density at radius 2 is 1.65 bits per heavy atom. The maximum atomic E-state index is 12.5. The average Bonchev–Trinajstić information content (AvgIpc) is 2.64. The van der Waals surface area contributed by atoms with Crippen LogP contribution in [0, 0.1) is 12.8 Å². The molecule has 2 N–H and O–H groups in total. The Labute approximate surface area is 154 Å². The van der Waals surface area contributed by atoms with Crippen LogP contribution >= 0.6 is 0 Å². The van der Waals surface area contributed by atoms with Gasteiger partial charge in [0, 0.05) is 6.54 Å². The van der Waals surface area contributed by atoms with Gasteiger partial charge in [-0.2, -0.15) is 0 Å². The monoisotopic (exact) mass is 354 g/mol. The molecule has 0 saturated carbocycles. The van der Waals surface area contributed by atoms with Gasteiger partial charge in [0.2, 0.25) is 5.91 Å². The van der Waals surface area contributed by atoms with Crippen LogP contribution in [-0.4, -0.2) is 24.5 Å². The van der Waals surface area contributed by atoms with Crippen molar-refractivity contribution in [1.82, 2.24) is 10.6 Å². The number of carbonyl (C=O) groups is 2. The van der Waals surface area contributed by atoms with E-state index in [1.165, 1.54) is 5.56 Å². The maximum Gasteiger partial charge on any atom is 0.258 e. The Bertz CT molecular complexity index is 712. The highest BCUT2D eigenvalue weighted by Crippen LogP contribution is 2.08. The predicted molar refractivity (Wildman–Crippen MR) is 102 cm³/mol. The minimum absolute atomic E-state index is 0.0336. The number of carbonyl (C=O) groups excluding carboxylic acids is 2. The SMILES string of the molecule is Cc1ccc(CNC(=O)[C@H](NC(=O)COc2ccccc2)C(C)C)cc1. The second-order valence-electron chi connectivity index (χ2n) is 6.59. The molecular weight excluding hydrogens is 328 g/mol. The van der Waals surface area contributed by atoms with Gasteiger partial charge in [-0.1, -0.05) is 61.9 Å². The van der Waals surface area contributed by atoms with Crippen molar-refractivity contribution in [2.75, 3.05) is 6.61 Å². The highest BCUT2D eigenvalue weighted by atomic mass is 16.5. The van der Waals surface area contributed by atoms with E-state index >= 15 is 0 Å². The van der Waals surface area contributed by atoms with Crippen molar-refractivity contribution in [2.45, 2.75) is 33.4 Å². The van der Waals surface area contributed by atoms with Crippen LogP contribution in [-0.2, 0) is 16.1 Å². The van der Waals surface area contributed by atoms with Gasteiger partial charge in [-0.25, -0.2) is 0 Å². The van der Waals surface area contributed by atoms with E-state index in [0.717, 1.165) is 5.56 Å². The Balaban J connectivity index is 1.85. The molecule has 0 aliphatic carbocycles. The zero-order valence-corrected chi connectivity index (χ0v) is 15.5. The minimum Gasteiger partial charge on any atom is -0.484 e. The normalized spacial score (nSPS) is 11.7. The fraction of sp³-hybridized carbons (Fsp3) is 0.333. The van der Waals surface area contributed by atoms with Crippen molar-refractivity contribution in [3.63, 3.8) is 0 Å². The van der Waals surface area contributed by atoms with Crippen molar-refractivity contribution >= 4 is 11.8 Å². The van der Waals surface area contributed by atoms with Crippen LogP contribution in [0.3, 0.4) is 0 Å². The predicted octanol–water partition coefficient (Wildman–Crippen LogP) is 2.83. The number of ether oxygens (including phenoxy) is 1. The molecule has 2 rings (SSSR count). The summed E-state index contributed by atoms with van der Waals surface area (Å²) >= 11 is 0. The molecule has 5 nitrogen and oxygen atoms in total. The van der Waals surface area contributed by atoms with Gasteiger partial charge in [0.15, 0.2) is 6.61 Å². The molecule has 5 heteroatoms. The van der Waals surface area contributed by atoms with Crippen LogP contribution in [0.15, 0.2) is 54.6 Å². The third-order valence-corrected chi connectivity index (χ3v) is 3.97. The molecule has 2 aromatic carbocycles. The van der Waals surface area contributed by atoms with E-state index in [0.29, 0.717) is 12.3 Å². The van der Waals surface area contributed by atoms with Crippen LogP contribution in [0.25, 0.3) is 0 Å². The van der Waals surface area contributed by atoms with E-state index in [9.17, 15) is 9.59 Å². The maximum absolute atomic E-state index is 12.5. The summed E-state index contributed by atoms with van der Waals surface area (Å²) in [4.78, 5) is 24.6. The quantitative estimate of drug-likeness (QED) is 0.766. The van der Waals surface area contributed by atoms with Gasteiger partial charge in [0.25, 0.3) is 5.91 Å². The number of hydrogen-bond acceptors (Lipinski definition) is 3. The molecule has 1 atom stereocenters. The molecule has 0 heterocycles. The first-order chi connectivity index (χ1) is 12.5. The molecular formula is C21H26N2O3. The summed E-state index contributed by atoms with van der Waals surface area (Å²) in [5.41, 5.74) is 2.19. The first-order valence-corrected chi connectivity index (χ1v) is 8.76. The molecule has 0 aliphatic rings. The minimum atomic E-state index is -0.604. The van der Waals surface area contributed by atoms with Crippen molar-refractivity contribution in [1.29, 1.82) is 0 Å². The lowest BCUT2D eigenvalue weighted by Crippen LogP contribution is -2.50. The standard InChI is InChI=1S/C21H26N2O3/c1-15(2)20(21(25)22-13-17-11-9-16(3)10-12-17)23-19(24)14-26-18-7-5-4-6-8-18/h4-12,15,20H,13-14H2,1-3H3,(H,22,25)(H,23,24)/t20-/m1/s1. The fourth-order valence-corrected chi connectivity index (χ4v) is 2.42.